The number of fused-ring (bicyclic) bond motifs is 1. The van der Waals surface area contributed by atoms with Gasteiger partial charge in [0.25, 0.3) is 0 Å². The highest BCUT2D eigenvalue weighted by atomic mass is 35.5. The number of hydrogen-bond acceptors (Lipinski definition) is 7. The Hall–Kier alpha value is -3.62. The first-order valence-electron chi connectivity index (χ1n) is 10.4. The van der Waals surface area contributed by atoms with Crippen LogP contribution in [0.1, 0.15) is 4.88 Å². The normalized spacial score (nSPS) is 11.1. The summed E-state index contributed by atoms with van der Waals surface area (Å²) >= 11 is 7.79. The fourth-order valence-electron chi connectivity index (χ4n) is 3.66. The maximum absolute atomic E-state index is 6.58. The van der Waals surface area contributed by atoms with Crippen molar-refractivity contribution in [3.63, 3.8) is 0 Å². The monoisotopic (exact) mass is 476 g/mol. The molecule has 0 saturated heterocycles. The number of nitrogen functional groups attached to an aromatic ring is 1. The van der Waals surface area contributed by atoms with E-state index in [9.17, 15) is 0 Å². The van der Waals surface area contributed by atoms with Crippen molar-refractivity contribution in [2.24, 2.45) is 0 Å². The van der Waals surface area contributed by atoms with Crippen molar-refractivity contribution in [2.75, 3.05) is 24.7 Å². The number of thiophene rings is 1. The number of benzene rings is 2. The lowest BCUT2D eigenvalue weighted by molar-refractivity contribution is 0.416. The van der Waals surface area contributed by atoms with E-state index in [1.807, 2.05) is 36.4 Å². The van der Waals surface area contributed by atoms with Crippen molar-refractivity contribution in [2.45, 2.75) is 6.42 Å². The van der Waals surface area contributed by atoms with Crippen LogP contribution in [0.2, 0.25) is 5.02 Å². The van der Waals surface area contributed by atoms with Crippen LogP contribution in [0.3, 0.4) is 0 Å². The second kappa shape index (κ2) is 9.09. The van der Waals surface area contributed by atoms with Gasteiger partial charge in [0.15, 0.2) is 5.65 Å². The number of hydrogen-bond donors (Lipinski definition) is 2. The predicted octanol–water partition coefficient (Wildman–Crippen LogP) is 5.44. The molecule has 33 heavy (non-hydrogen) atoms. The molecule has 0 aliphatic heterocycles. The zero-order valence-corrected chi connectivity index (χ0v) is 19.4. The number of nitrogens with zero attached hydrogens (tertiary/aromatic N) is 4. The molecule has 0 fully saturated rings. The first-order valence-corrected chi connectivity index (χ1v) is 11.6. The molecule has 7 nitrogen and oxygen atoms in total. The molecule has 0 aliphatic rings. The zero-order valence-electron chi connectivity index (χ0n) is 17.8. The number of nitrogens with two attached hydrogens (primary N) is 1. The van der Waals surface area contributed by atoms with E-state index in [1.54, 1.807) is 35.3 Å². The van der Waals surface area contributed by atoms with Crippen LogP contribution in [0.25, 0.3) is 28.0 Å². The molecule has 0 aliphatic carbocycles. The van der Waals surface area contributed by atoms with Crippen LogP contribution in [-0.2, 0) is 6.42 Å². The summed E-state index contributed by atoms with van der Waals surface area (Å²) in [6.45, 7) is 0.699. The minimum Gasteiger partial charge on any atom is -0.496 e. The molecule has 0 spiro atoms. The quantitative estimate of drug-likeness (QED) is 0.325. The zero-order chi connectivity index (χ0) is 22.8. The van der Waals surface area contributed by atoms with Crippen molar-refractivity contribution in [1.82, 2.24) is 19.7 Å². The first-order chi connectivity index (χ1) is 16.1. The second-order valence-electron chi connectivity index (χ2n) is 7.32. The third-order valence-electron chi connectivity index (χ3n) is 5.24. The van der Waals surface area contributed by atoms with Crippen molar-refractivity contribution in [1.29, 1.82) is 0 Å². The van der Waals surface area contributed by atoms with E-state index in [0.717, 1.165) is 17.7 Å². The van der Waals surface area contributed by atoms with E-state index in [0.29, 0.717) is 45.8 Å². The molecule has 9 heteroatoms. The molecule has 3 heterocycles. The summed E-state index contributed by atoms with van der Waals surface area (Å²) in [5, 5.41) is 11.4. The highest BCUT2D eigenvalue weighted by molar-refractivity contribution is 7.09. The standard InChI is InChI=1S/C24H21ClN6OS/c1-32-19-7-3-2-6-18(19)21-20-22(26)31(16-10-8-15(25)9-11-16)30-23(20)29-24(28-21)27-13-12-17-5-4-14-33-17/h2-11,14H,12-13,26H2,1H3,(H,27,29,30). The molecule has 5 rings (SSSR count). The lowest BCUT2D eigenvalue weighted by Gasteiger charge is -2.11. The Morgan fingerprint density at radius 1 is 1.06 bits per heavy atom. The third-order valence-corrected chi connectivity index (χ3v) is 6.43. The van der Waals surface area contributed by atoms with Gasteiger partial charge in [-0.25, -0.2) is 9.67 Å². The van der Waals surface area contributed by atoms with Gasteiger partial charge in [-0.05, 0) is 54.3 Å². The molecular formula is C24H21ClN6OS. The lowest BCUT2D eigenvalue weighted by atomic mass is 10.1. The SMILES string of the molecule is COc1ccccc1-c1nc(NCCc2cccs2)nc2nn(-c3ccc(Cl)cc3)c(N)c12. The smallest absolute Gasteiger partial charge is 0.225 e. The Bertz CT molecular complexity index is 1400. The highest BCUT2D eigenvalue weighted by Crippen LogP contribution is 2.37. The van der Waals surface area contributed by atoms with Crippen molar-refractivity contribution < 1.29 is 4.74 Å². The largest absolute Gasteiger partial charge is 0.496 e. The van der Waals surface area contributed by atoms with Gasteiger partial charge < -0.3 is 15.8 Å². The number of nitrogens with one attached hydrogen (secondary N) is 1. The predicted molar refractivity (Wildman–Crippen MR) is 135 cm³/mol. The number of halogens is 1. The van der Waals surface area contributed by atoms with Gasteiger partial charge in [-0.2, -0.15) is 4.98 Å². The van der Waals surface area contributed by atoms with Crippen molar-refractivity contribution in [3.8, 4) is 22.7 Å². The number of ether oxygens (including phenoxy) is 1. The second-order valence-corrected chi connectivity index (χ2v) is 8.79. The van der Waals surface area contributed by atoms with Gasteiger partial charge in [0.05, 0.1) is 23.9 Å². The fraction of sp³-hybridized carbons (Fsp3) is 0.125. The van der Waals surface area contributed by atoms with Gasteiger partial charge in [-0.1, -0.05) is 29.8 Å². The van der Waals surface area contributed by atoms with Gasteiger partial charge in [0, 0.05) is 22.0 Å². The summed E-state index contributed by atoms with van der Waals surface area (Å²) in [5.74, 6) is 1.62. The van der Waals surface area contributed by atoms with E-state index in [2.05, 4.69) is 27.8 Å². The molecule has 0 amide bonds. The Kier molecular flexibility index (Phi) is 5.85. The number of rotatable bonds is 7. The molecule has 0 saturated carbocycles. The van der Waals surface area contributed by atoms with Crippen LogP contribution in [-0.4, -0.2) is 33.4 Å². The number of methoxy groups -OCH3 is 1. The summed E-state index contributed by atoms with van der Waals surface area (Å²) < 4.78 is 7.26. The first kappa shape index (κ1) is 21.2. The highest BCUT2D eigenvalue weighted by Gasteiger charge is 2.21. The van der Waals surface area contributed by atoms with Crippen molar-refractivity contribution >= 4 is 45.7 Å². The molecule has 3 N–H and O–H groups in total. The van der Waals surface area contributed by atoms with E-state index in [-0.39, 0.29) is 0 Å². The maximum atomic E-state index is 6.58. The Labute approximate surface area is 199 Å². The van der Waals surface area contributed by atoms with E-state index < -0.39 is 0 Å². The number of anilines is 2. The number of aromatic nitrogens is 4. The molecular weight excluding hydrogens is 456 g/mol. The Morgan fingerprint density at radius 2 is 1.88 bits per heavy atom. The third kappa shape index (κ3) is 4.22. The summed E-state index contributed by atoms with van der Waals surface area (Å²) in [4.78, 5) is 10.8. The summed E-state index contributed by atoms with van der Waals surface area (Å²) in [6.07, 6.45) is 0.879. The van der Waals surface area contributed by atoms with Crippen LogP contribution in [0.15, 0.2) is 66.0 Å². The minimum atomic E-state index is 0.443. The maximum Gasteiger partial charge on any atom is 0.225 e. The van der Waals surface area contributed by atoms with Crippen LogP contribution < -0.4 is 15.8 Å². The summed E-state index contributed by atoms with van der Waals surface area (Å²) in [6, 6.07) is 19.2. The summed E-state index contributed by atoms with van der Waals surface area (Å²) in [5.41, 5.74) is 9.34. The molecule has 5 aromatic rings. The Morgan fingerprint density at radius 3 is 2.64 bits per heavy atom. The van der Waals surface area contributed by atoms with E-state index in [1.165, 1.54) is 4.88 Å². The van der Waals surface area contributed by atoms with Gasteiger partial charge >= 0.3 is 0 Å². The fourth-order valence-corrected chi connectivity index (χ4v) is 4.49. The Balaban J connectivity index is 1.63. The van der Waals surface area contributed by atoms with Crippen LogP contribution in [0.4, 0.5) is 11.8 Å². The molecule has 0 unspecified atom stereocenters. The molecule has 0 bridgehead atoms. The average molecular weight is 477 g/mol. The molecule has 0 radical (unpaired) electrons. The van der Waals surface area contributed by atoms with Gasteiger partial charge in [0.2, 0.25) is 5.95 Å². The molecule has 0 atom stereocenters. The van der Waals surface area contributed by atoms with Crippen LogP contribution in [0, 0.1) is 0 Å². The van der Waals surface area contributed by atoms with Gasteiger partial charge in [-0.3, -0.25) is 0 Å². The van der Waals surface area contributed by atoms with Gasteiger partial charge in [-0.15, -0.1) is 16.4 Å². The van der Waals surface area contributed by atoms with E-state index >= 15 is 0 Å². The minimum absolute atomic E-state index is 0.443. The van der Waals surface area contributed by atoms with Gasteiger partial charge in [0.1, 0.15) is 11.6 Å². The molecule has 2 aromatic carbocycles. The molecule has 166 valence electrons. The van der Waals surface area contributed by atoms with Crippen LogP contribution in [0.5, 0.6) is 5.75 Å². The molecule has 3 aromatic heterocycles. The van der Waals surface area contributed by atoms with Crippen molar-refractivity contribution in [3.05, 3.63) is 75.9 Å². The number of para-hydroxylation sites is 1. The summed E-state index contributed by atoms with van der Waals surface area (Å²) in [7, 11) is 1.64. The van der Waals surface area contributed by atoms with Crippen LogP contribution >= 0.6 is 22.9 Å². The lowest BCUT2D eigenvalue weighted by Crippen LogP contribution is -2.08. The topological polar surface area (TPSA) is 90.9 Å². The van der Waals surface area contributed by atoms with E-state index in [4.69, 9.17) is 32.2 Å². The average Bonchev–Trinajstić information content (AvgIpc) is 3.47.